The molecule has 14 heavy (non-hydrogen) atoms. The van der Waals surface area contributed by atoms with Gasteiger partial charge in [-0.3, -0.25) is 9.59 Å². The monoisotopic (exact) mass is 322 g/mol. The third-order valence-corrected chi connectivity index (χ3v) is 6.32. The van der Waals surface area contributed by atoms with E-state index in [0.29, 0.717) is 5.33 Å². The number of Topliss-reactive ketones (excluding diaryl/α,β-unsaturated/α-hetero) is 2. The summed E-state index contributed by atoms with van der Waals surface area (Å²) < 4.78 is 0. The molecular weight excluding hydrogens is 312 g/mol. The summed E-state index contributed by atoms with van der Waals surface area (Å²) in [6.45, 7) is 2.06. The molecule has 2 bridgehead atoms. The van der Waals surface area contributed by atoms with Crippen molar-refractivity contribution in [2.75, 3.05) is 10.7 Å². The average Bonchev–Trinajstić information content (AvgIpc) is 2.57. The lowest BCUT2D eigenvalue weighted by atomic mass is 9.70. The molecule has 2 fully saturated rings. The van der Waals surface area contributed by atoms with Gasteiger partial charge >= 0.3 is 0 Å². The molecule has 0 aromatic rings. The van der Waals surface area contributed by atoms with E-state index < -0.39 is 5.41 Å². The number of hydrogen-bond acceptors (Lipinski definition) is 2. The minimum absolute atomic E-state index is 0.0491. The molecule has 0 unspecified atom stereocenters. The summed E-state index contributed by atoms with van der Waals surface area (Å²) in [6.07, 6.45) is 1.73. The SMILES string of the molecule is C[C@]1(CBr)[C@@H]2CC[C@]1(CBr)C(=O)C2=O. The first kappa shape index (κ1) is 10.8. The maximum Gasteiger partial charge on any atom is 0.206 e. The van der Waals surface area contributed by atoms with Crippen LogP contribution < -0.4 is 0 Å². The van der Waals surface area contributed by atoms with Gasteiger partial charge < -0.3 is 0 Å². The van der Waals surface area contributed by atoms with Crippen LogP contribution in [0, 0.1) is 16.7 Å². The summed E-state index contributed by atoms with van der Waals surface area (Å²) >= 11 is 6.87. The molecule has 0 N–H and O–H groups in total. The number of fused-ring (bicyclic) bond motifs is 2. The third-order valence-electron chi connectivity index (χ3n) is 4.20. The molecule has 0 amide bonds. The molecule has 2 aliphatic rings. The highest BCUT2D eigenvalue weighted by atomic mass is 79.9. The Labute approximate surface area is 100 Å². The van der Waals surface area contributed by atoms with Crippen LogP contribution in [0.2, 0.25) is 0 Å². The Balaban J connectivity index is 2.55. The normalized spacial score (nSPS) is 46.4. The van der Waals surface area contributed by atoms with Crippen molar-refractivity contribution in [3.8, 4) is 0 Å². The van der Waals surface area contributed by atoms with Gasteiger partial charge in [0, 0.05) is 22.0 Å². The molecule has 0 saturated heterocycles. The highest BCUT2D eigenvalue weighted by Crippen LogP contribution is 2.63. The molecule has 2 aliphatic carbocycles. The van der Waals surface area contributed by atoms with Crippen molar-refractivity contribution in [1.29, 1.82) is 0 Å². The molecule has 0 aromatic carbocycles. The lowest BCUT2D eigenvalue weighted by Gasteiger charge is -2.35. The van der Waals surface area contributed by atoms with Crippen LogP contribution in [-0.2, 0) is 9.59 Å². The highest BCUT2D eigenvalue weighted by molar-refractivity contribution is 9.09. The van der Waals surface area contributed by atoms with Crippen LogP contribution in [0.1, 0.15) is 19.8 Å². The Kier molecular flexibility index (Phi) is 2.43. The predicted octanol–water partition coefficient (Wildman–Crippen LogP) is 2.33. The number of carbonyl (C=O) groups is 2. The molecule has 3 atom stereocenters. The molecular formula is C10H12Br2O2. The quantitative estimate of drug-likeness (QED) is 0.577. The molecule has 2 rings (SSSR count). The van der Waals surface area contributed by atoms with Gasteiger partial charge in [0.25, 0.3) is 0 Å². The van der Waals surface area contributed by atoms with E-state index in [1.807, 2.05) is 0 Å². The Morgan fingerprint density at radius 1 is 1.36 bits per heavy atom. The van der Waals surface area contributed by atoms with Crippen LogP contribution in [-0.4, -0.2) is 22.2 Å². The van der Waals surface area contributed by atoms with E-state index in [0.717, 1.165) is 18.2 Å². The standard InChI is InChI=1S/C10H12Br2O2/c1-9(4-11)6-2-3-10(9,5-12)8(14)7(6)13/h6H,2-5H2,1H3/t6-,9+,10+/m1/s1. The number of ketones is 2. The van der Waals surface area contributed by atoms with E-state index in [1.54, 1.807) is 0 Å². The molecule has 0 aliphatic heterocycles. The van der Waals surface area contributed by atoms with Gasteiger partial charge in [-0.1, -0.05) is 38.8 Å². The average molecular weight is 324 g/mol. The van der Waals surface area contributed by atoms with E-state index in [2.05, 4.69) is 38.8 Å². The first-order chi connectivity index (χ1) is 6.53. The lowest BCUT2D eigenvalue weighted by Crippen LogP contribution is -2.41. The Hall–Kier alpha value is 0.300. The fraction of sp³-hybridized carbons (Fsp3) is 0.800. The van der Waals surface area contributed by atoms with Crippen molar-refractivity contribution in [3.05, 3.63) is 0 Å². The predicted molar refractivity (Wildman–Crippen MR) is 60.9 cm³/mol. The van der Waals surface area contributed by atoms with Gasteiger partial charge in [0.1, 0.15) is 0 Å². The van der Waals surface area contributed by atoms with Gasteiger partial charge in [-0.15, -0.1) is 0 Å². The van der Waals surface area contributed by atoms with Gasteiger partial charge in [-0.05, 0) is 12.8 Å². The van der Waals surface area contributed by atoms with Gasteiger partial charge in [0.05, 0.1) is 5.41 Å². The highest BCUT2D eigenvalue weighted by Gasteiger charge is 2.69. The molecule has 0 spiro atoms. The smallest absolute Gasteiger partial charge is 0.206 e. The summed E-state index contributed by atoms with van der Waals surface area (Å²) in [5.41, 5.74) is -0.608. The summed E-state index contributed by atoms with van der Waals surface area (Å²) in [5.74, 6) is -0.336. The van der Waals surface area contributed by atoms with Crippen LogP contribution in [0.3, 0.4) is 0 Å². The largest absolute Gasteiger partial charge is 0.291 e. The van der Waals surface area contributed by atoms with Crippen molar-refractivity contribution in [2.24, 2.45) is 16.7 Å². The molecule has 78 valence electrons. The maximum atomic E-state index is 11.9. The van der Waals surface area contributed by atoms with E-state index in [4.69, 9.17) is 0 Å². The van der Waals surface area contributed by atoms with E-state index in [9.17, 15) is 9.59 Å². The van der Waals surface area contributed by atoms with Crippen LogP contribution in [0.25, 0.3) is 0 Å². The lowest BCUT2D eigenvalue weighted by molar-refractivity contribution is -0.141. The number of hydrogen-bond donors (Lipinski definition) is 0. The number of halogens is 2. The van der Waals surface area contributed by atoms with Crippen molar-refractivity contribution < 1.29 is 9.59 Å². The minimum Gasteiger partial charge on any atom is -0.291 e. The summed E-state index contributed by atoms with van der Waals surface area (Å²) in [4.78, 5) is 23.6. The molecule has 0 aromatic heterocycles. The summed E-state index contributed by atoms with van der Waals surface area (Å²) in [7, 11) is 0. The Morgan fingerprint density at radius 3 is 2.43 bits per heavy atom. The van der Waals surface area contributed by atoms with Gasteiger partial charge in [-0.25, -0.2) is 0 Å². The number of rotatable bonds is 2. The number of carbonyl (C=O) groups excluding carboxylic acids is 2. The zero-order chi connectivity index (χ0) is 10.6. The van der Waals surface area contributed by atoms with Crippen LogP contribution in [0.5, 0.6) is 0 Å². The second-order valence-electron chi connectivity index (χ2n) is 4.55. The first-order valence-corrected chi connectivity index (χ1v) is 6.98. The van der Waals surface area contributed by atoms with E-state index in [-0.39, 0.29) is 22.9 Å². The molecule has 0 radical (unpaired) electrons. The van der Waals surface area contributed by atoms with Gasteiger partial charge in [-0.2, -0.15) is 0 Å². The van der Waals surface area contributed by atoms with Crippen LogP contribution >= 0.6 is 31.9 Å². The fourth-order valence-corrected chi connectivity index (χ4v) is 5.12. The van der Waals surface area contributed by atoms with Crippen LogP contribution in [0.15, 0.2) is 0 Å². The zero-order valence-electron chi connectivity index (χ0n) is 7.98. The maximum absolute atomic E-state index is 11.9. The van der Waals surface area contributed by atoms with Gasteiger partial charge in [0.2, 0.25) is 11.6 Å². The Bertz CT molecular complexity index is 315. The second-order valence-corrected chi connectivity index (χ2v) is 5.67. The zero-order valence-corrected chi connectivity index (χ0v) is 11.2. The van der Waals surface area contributed by atoms with E-state index in [1.165, 1.54) is 0 Å². The molecule has 0 heterocycles. The Morgan fingerprint density at radius 2 is 2.00 bits per heavy atom. The van der Waals surface area contributed by atoms with Gasteiger partial charge in [0.15, 0.2) is 0 Å². The minimum atomic E-state index is -0.432. The second kappa shape index (κ2) is 3.14. The van der Waals surface area contributed by atoms with E-state index >= 15 is 0 Å². The fourth-order valence-electron chi connectivity index (χ4n) is 3.02. The summed E-state index contributed by atoms with van der Waals surface area (Å²) in [6, 6.07) is 0. The first-order valence-electron chi connectivity index (χ1n) is 4.74. The topological polar surface area (TPSA) is 34.1 Å². The van der Waals surface area contributed by atoms with Crippen molar-refractivity contribution in [3.63, 3.8) is 0 Å². The van der Waals surface area contributed by atoms with Crippen molar-refractivity contribution in [1.82, 2.24) is 0 Å². The van der Waals surface area contributed by atoms with Crippen molar-refractivity contribution in [2.45, 2.75) is 19.8 Å². The summed E-state index contributed by atoms with van der Waals surface area (Å²) in [5, 5.41) is 1.34. The molecule has 2 nitrogen and oxygen atoms in total. The molecule has 4 heteroatoms. The van der Waals surface area contributed by atoms with Crippen molar-refractivity contribution >= 4 is 43.4 Å². The molecule has 2 saturated carbocycles. The van der Waals surface area contributed by atoms with Crippen LogP contribution in [0.4, 0.5) is 0 Å². The number of alkyl halides is 2. The third kappa shape index (κ3) is 0.921.